The topological polar surface area (TPSA) is 67.4 Å². The molecular formula is C21H21F3N2O3. The molecule has 1 atom stereocenters. The van der Waals surface area contributed by atoms with Gasteiger partial charge in [0.1, 0.15) is 12.4 Å². The molecule has 1 aliphatic rings. The second-order valence-corrected chi connectivity index (χ2v) is 7.96. The molecule has 29 heavy (non-hydrogen) atoms. The quantitative estimate of drug-likeness (QED) is 0.741. The molecule has 3 rings (SSSR count). The number of amides is 3. The Morgan fingerprint density at radius 3 is 2.14 bits per heavy atom. The van der Waals surface area contributed by atoms with E-state index in [2.05, 4.69) is 10.6 Å². The predicted molar refractivity (Wildman–Crippen MR) is 101 cm³/mol. The fourth-order valence-corrected chi connectivity index (χ4v) is 3.15. The molecule has 1 aliphatic heterocycles. The summed E-state index contributed by atoms with van der Waals surface area (Å²) in [5, 5.41) is 4.89. The molecule has 2 aromatic carbocycles. The monoisotopic (exact) mass is 406 g/mol. The van der Waals surface area contributed by atoms with E-state index >= 15 is 0 Å². The average Bonchev–Trinajstić information content (AvgIpc) is 2.94. The van der Waals surface area contributed by atoms with Gasteiger partial charge in [-0.05, 0) is 40.8 Å². The summed E-state index contributed by atoms with van der Waals surface area (Å²) in [6.45, 7) is 5.37. The number of alkyl halides is 3. The van der Waals surface area contributed by atoms with Gasteiger partial charge in [0.05, 0.1) is 5.56 Å². The second kappa shape index (κ2) is 7.09. The molecule has 0 aliphatic carbocycles. The van der Waals surface area contributed by atoms with Crippen LogP contribution in [0.25, 0.3) is 11.1 Å². The molecule has 2 aromatic rings. The smallest absolute Gasteiger partial charge is 0.416 e. The Balaban J connectivity index is 1.78. The second-order valence-electron chi connectivity index (χ2n) is 7.96. The minimum Gasteiger partial charge on any atom is -0.491 e. The van der Waals surface area contributed by atoms with E-state index in [1.54, 1.807) is 30.3 Å². The van der Waals surface area contributed by atoms with E-state index in [4.69, 9.17) is 4.74 Å². The zero-order chi connectivity index (χ0) is 21.4. The third kappa shape index (κ3) is 4.06. The van der Waals surface area contributed by atoms with Crippen LogP contribution in [0.1, 0.15) is 26.3 Å². The number of rotatable bonds is 4. The molecule has 0 radical (unpaired) electrons. The molecule has 8 heteroatoms. The minimum atomic E-state index is -4.41. The number of nitrogens with one attached hydrogen (secondary N) is 2. The van der Waals surface area contributed by atoms with Gasteiger partial charge in [0.2, 0.25) is 0 Å². The van der Waals surface area contributed by atoms with Gasteiger partial charge in [-0.1, -0.05) is 45.0 Å². The molecule has 1 unspecified atom stereocenters. The lowest BCUT2D eigenvalue weighted by Crippen LogP contribution is -2.60. The van der Waals surface area contributed by atoms with Gasteiger partial charge in [-0.25, -0.2) is 4.79 Å². The van der Waals surface area contributed by atoms with Crippen LogP contribution in [0.3, 0.4) is 0 Å². The Morgan fingerprint density at radius 1 is 0.966 bits per heavy atom. The van der Waals surface area contributed by atoms with Crippen LogP contribution < -0.4 is 15.4 Å². The Bertz CT molecular complexity index is 933. The van der Waals surface area contributed by atoms with E-state index in [0.717, 1.165) is 12.1 Å². The van der Waals surface area contributed by atoms with Crippen LogP contribution in [-0.4, -0.2) is 24.1 Å². The maximum atomic E-state index is 12.9. The summed E-state index contributed by atoms with van der Waals surface area (Å²) in [5.41, 5.74) is -1.53. The highest BCUT2D eigenvalue weighted by Gasteiger charge is 2.55. The largest absolute Gasteiger partial charge is 0.491 e. The zero-order valence-corrected chi connectivity index (χ0v) is 16.2. The number of carbonyl (C=O) groups is 2. The van der Waals surface area contributed by atoms with Crippen molar-refractivity contribution in [1.29, 1.82) is 0 Å². The summed E-state index contributed by atoms with van der Waals surface area (Å²) in [6, 6.07) is 11.0. The van der Waals surface area contributed by atoms with Crippen molar-refractivity contribution in [3.05, 3.63) is 54.1 Å². The van der Waals surface area contributed by atoms with Gasteiger partial charge in [-0.2, -0.15) is 13.2 Å². The molecule has 1 saturated heterocycles. The maximum Gasteiger partial charge on any atom is 0.416 e. The summed E-state index contributed by atoms with van der Waals surface area (Å²) in [6.07, 6.45) is -4.41. The Labute approximate surface area is 166 Å². The highest BCUT2D eigenvalue weighted by molar-refractivity contribution is 6.07. The van der Waals surface area contributed by atoms with Crippen LogP contribution in [0.4, 0.5) is 18.0 Å². The highest BCUT2D eigenvalue weighted by atomic mass is 19.4. The van der Waals surface area contributed by atoms with Crippen LogP contribution >= 0.6 is 0 Å². The molecular weight excluding hydrogens is 385 g/mol. The van der Waals surface area contributed by atoms with E-state index in [1.807, 2.05) is 20.8 Å². The Kier molecular flexibility index (Phi) is 5.06. The zero-order valence-electron chi connectivity index (χ0n) is 16.2. The van der Waals surface area contributed by atoms with Crippen LogP contribution in [0, 0.1) is 5.41 Å². The first-order chi connectivity index (χ1) is 13.4. The van der Waals surface area contributed by atoms with Crippen molar-refractivity contribution in [2.24, 2.45) is 5.41 Å². The minimum absolute atomic E-state index is 0.0863. The van der Waals surface area contributed by atoms with E-state index in [1.165, 1.54) is 6.07 Å². The van der Waals surface area contributed by atoms with Crippen molar-refractivity contribution in [3.63, 3.8) is 0 Å². The van der Waals surface area contributed by atoms with Gasteiger partial charge in [-0.15, -0.1) is 0 Å². The van der Waals surface area contributed by atoms with Gasteiger partial charge in [0.25, 0.3) is 5.91 Å². The normalized spacial score (nSPS) is 19.7. The molecule has 0 aromatic heterocycles. The van der Waals surface area contributed by atoms with E-state index in [-0.39, 0.29) is 6.61 Å². The van der Waals surface area contributed by atoms with E-state index in [0.29, 0.717) is 16.9 Å². The van der Waals surface area contributed by atoms with Crippen molar-refractivity contribution >= 4 is 11.9 Å². The van der Waals surface area contributed by atoms with Gasteiger partial charge in [-0.3, -0.25) is 10.1 Å². The molecule has 0 bridgehead atoms. The summed E-state index contributed by atoms with van der Waals surface area (Å²) in [4.78, 5) is 24.0. The first kappa shape index (κ1) is 20.7. The molecule has 0 spiro atoms. The lowest BCUT2D eigenvalue weighted by Gasteiger charge is -2.38. The molecule has 5 nitrogen and oxygen atoms in total. The van der Waals surface area contributed by atoms with Crippen molar-refractivity contribution in [3.8, 4) is 16.9 Å². The first-order valence-electron chi connectivity index (χ1n) is 8.96. The van der Waals surface area contributed by atoms with Crippen LogP contribution in [-0.2, 0) is 11.0 Å². The maximum absolute atomic E-state index is 12.9. The fourth-order valence-electron chi connectivity index (χ4n) is 3.15. The van der Waals surface area contributed by atoms with Crippen molar-refractivity contribution < 1.29 is 27.5 Å². The fraction of sp³-hybridized carbons (Fsp3) is 0.333. The molecule has 1 fully saturated rings. The summed E-state index contributed by atoms with van der Waals surface area (Å²) >= 11 is 0. The highest BCUT2D eigenvalue weighted by Crippen LogP contribution is 2.35. The molecule has 1 heterocycles. The Morgan fingerprint density at radius 2 is 1.62 bits per heavy atom. The molecule has 0 saturated carbocycles. The van der Waals surface area contributed by atoms with Gasteiger partial charge >= 0.3 is 12.2 Å². The van der Waals surface area contributed by atoms with Crippen LogP contribution in [0.2, 0.25) is 0 Å². The standard InChI is InChI=1S/C21H21F3N2O3/c1-19(2,3)20(17(27)25-18(28)26-20)12-29-16-9-7-13(8-10-16)14-5-4-6-15(11-14)21(22,23)24/h4-11H,12H2,1-3H3,(H2,25,26,27,28). The predicted octanol–water partition coefficient (Wildman–Crippen LogP) is 4.38. The first-order valence-corrected chi connectivity index (χ1v) is 8.96. The Hall–Kier alpha value is -3.03. The molecule has 2 N–H and O–H groups in total. The summed E-state index contributed by atoms with van der Waals surface area (Å²) in [5.74, 6) is -0.0334. The van der Waals surface area contributed by atoms with E-state index in [9.17, 15) is 22.8 Å². The number of ether oxygens (including phenoxy) is 1. The molecule has 3 amide bonds. The lowest BCUT2D eigenvalue weighted by atomic mass is 9.74. The van der Waals surface area contributed by atoms with Crippen molar-refractivity contribution in [2.75, 3.05) is 6.61 Å². The van der Waals surface area contributed by atoms with Gasteiger partial charge in [0, 0.05) is 0 Å². The number of hydrogen-bond donors (Lipinski definition) is 2. The number of benzene rings is 2. The number of urea groups is 1. The summed E-state index contributed by atoms with van der Waals surface area (Å²) in [7, 11) is 0. The molecule has 154 valence electrons. The third-order valence-corrected chi connectivity index (χ3v) is 5.05. The van der Waals surface area contributed by atoms with E-state index < -0.39 is 34.6 Å². The third-order valence-electron chi connectivity index (χ3n) is 5.05. The summed E-state index contributed by atoms with van der Waals surface area (Å²) < 4.78 is 44.5. The van der Waals surface area contributed by atoms with Crippen molar-refractivity contribution in [1.82, 2.24) is 10.6 Å². The van der Waals surface area contributed by atoms with Crippen molar-refractivity contribution in [2.45, 2.75) is 32.5 Å². The number of hydrogen-bond acceptors (Lipinski definition) is 3. The van der Waals surface area contributed by atoms with Crippen LogP contribution in [0.15, 0.2) is 48.5 Å². The van der Waals surface area contributed by atoms with Gasteiger partial charge < -0.3 is 10.1 Å². The van der Waals surface area contributed by atoms with Crippen LogP contribution in [0.5, 0.6) is 5.75 Å². The average molecular weight is 406 g/mol. The number of imide groups is 1. The SMILES string of the molecule is CC(C)(C)C1(COc2ccc(-c3cccc(C(F)(F)F)c3)cc2)NC(=O)NC1=O. The van der Waals surface area contributed by atoms with Gasteiger partial charge in [0.15, 0.2) is 5.54 Å². The number of carbonyl (C=O) groups excluding carboxylic acids is 2. The number of halogens is 3. The lowest BCUT2D eigenvalue weighted by molar-refractivity contribution is -0.137.